The summed E-state index contributed by atoms with van der Waals surface area (Å²) >= 11 is 0. The van der Waals surface area contributed by atoms with Crippen molar-refractivity contribution in [2.24, 2.45) is 0 Å². The minimum Gasteiger partial charge on any atom is -0.388 e. The molecular formula is C13H20N2O2. The highest BCUT2D eigenvalue weighted by Crippen LogP contribution is 2.22. The minimum atomic E-state index is -0.402. The van der Waals surface area contributed by atoms with Crippen LogP contribution in [0, 0.1) is 6.92 Å². The Morgan fingerprint density at radius 1 is 1.41 bits per heavy atom. The van der Waals surface area contributed by atoms with Crippen LogP contribution in [-0.2, 0) is 4.74 Å². The number of aliphatic hydroxyl groups excluding tert-OH is 1. The molecule has 94 valence electrons. The van der Waals surface area contributed by atoms with Gasteiger partial charge in [-0.05, 0) is 19.4 Å². The number of aliphatic hydroxyl groups is 1. The number of hydrogen-bond donors (Lipinski definition) is 1. The summed E-state index contributed by atoms with van der Waals surface area (Å²) in [7, 11) is 0. The quantitative estimate of drug-likeness (QED) is 0.867. The van der Waals surface area contributed by atoms with E-state index < -0.39 is 6.10 Å². The molecular weight excluding hydrogens is 216 g/mol. The molecule has 0 amide bonds. The summed E-state index contributed by atoms with van der Waals surface area (Å²) in [4.78, 5) is 6.80. The summed E-state index contributed by atoms with van der Waals surface area (Å²) in [6.45, 7) is 7.24. The molecule has 4 nitrogen and oxygen atoms in total. The van der Waals surface area contributed by atoms with Crippen LogP contribution in [0.4, 0.5) is 5.82 Å². The maximum Gasteiger partial charge on any atom is 0.128 e. The van der Waals surface area contributed by atoms with Crippen molar-refractivity contribution in [2.75, 3.05) is 31.2 Å². The number of nitrogens with zero attached hydrogens (tertiary/aromatic N) is 2. The zero-order valence-electron chi connectivity index (χ0n) is 10.5. The van der Waals surface area contributed by atoms with E-state index in [-0.39, 0.29) is 0 Å². The third kappa shape index (κ3) is 2.76. The Hall–Kier alpha value is -1.13. The van der Waals surface area contributed by atoms with Crippen molar-refractivity contribution < 1.29 is 9.84 Å². The van der Waals surface area contributed by atoms with Gasteiger partial charge in [-0.2, -0.15) is 0 Å². The van der Waals surface area contributed by atoms with Gasteiger partial charge in [0, 0.05) is 24.3 Å². The lowest BCUT2D eigenvalue weighted by atomic mass is 10.1. The lowest BCUT2D eigenvalue weighted by Gasteiger charge is -2.28. The summed E-state index contributed by atoms with van der Waals surface area (Å²) in [5.74, 6) is 0.984. The number of anilines is 1. The molecule has 1 aliphatic rings. The highest BCUT2D eigenvalue weighted by molar-refractivity contribution is 5.42. The predicted octanol–water partition coefficient (Wildman–Crippen LogP) is 1.67. The fourth-order valence-corrected chi connectivity index (χ4v) is 2.10. The van der Waals surface area contributed by atoms with Crippen molar-refractivity contribution in [3.63, 3.8) is 0 Å². The van der Waals surface area contributed by atoms with Gasteiger partial charge in [0.15, 0.2) is 0 Å². The SMILES string of the molecule is CCC(O)c1ccc(N2CCOCC2)nc1C. The monoisotopic (exact) mass is 236 g/mol. The Labute approximate surface area is 102 Å². The molecule has 1 fully saturated rings. The summed E-state index contributed by atoms with van der Waals surface area (Å²) in [6, 6.07) is 3.98. The third-order valence-electron chi connectivity index (χ3n) is 3.19. The molecule has 1 aromatic heterocycles. The van der Waals surface area contributed by atoms with Gasteiger partial charge in [0.1, 0.15) is 5.82 Å². The molecule has 0 radical (unpaired) electrons. The zero-order chi connectivity index (χ0) is 12.3. The van der Waals surface area contributed by atoms with E-state index in [4.69, 9.17) is 4.74 Å². The van der Waals surface area contributed by atoms with Gasteiger partial charge >= 0.3 is 0 Å². The average Bonchev–Trinajstić information content (AvgIpc) is 2.39. The van der Waals surface area contributed by atoms with Gasteiger partial charge in [-0.15, -0.1) is 0 Å². The van der Waals surface area contributed by atoms with Gasteiger partial charge in [-0.3, -0.25) is 0 Å². The molecule has 0 spiro atoms. The maximum atomic E-state index is 9.84. The average molecular weight is 236 g/mol. The van der Waals surface area contributed by atoms with Crippen LogP contribution in [0.1, 0.15) is 30.7 Å². The van der Waals surface area contributed by atoms with E-state index in [2.05, 4.69) is 9.88 Å². The number of aryl methyl sites for hydroxylation is 1. The normalized spacial score (nSPS) is 18.2. The van der Waals surface area contributed by atoms with Gasteiger partial charge in [0.25, 0.3) is 0 Å². The first kappa shape index (κ1) is 12.3. The van der Waals surface area contributed by atoms with Crippen molar-refractivity contribution in [3.8, 4) is 0 Å². The topological polar surface area (TPSA) is 45.6 Å². The van der Waals surface area contributed by atoms with Crippen molar-refractivity contribution in [1.82, 2.24) is 4.98 Å². The van der Waals surface area contributed by atoms with Crippen molar-refractivity contribution >= 4 is 5.82 Å². The Morgan fingerprint density at radius 2 is 2.12 bits per heavy atom. The van der Waals surface area contributed by atoms with Crippen LogP contribution in [0.25, 0.3) is 0 Å². The summed E-state index contributed by atoms with van der Waals surface area (Å²) in [5.41, 5.74) is 1.85. The molecule has 0 aliphatic carbocycles. The Balaban J connectivity index is 2.17. The van der Waals surface area contributed by atoms with Gasteiger partial charge < -0.3 is 14.7 Å². The molecule has 2 rings (SSSR count). The minimum absolute atomic E-state index is 0.402. The molecule has 1 atom stereocenters. The molecule has 0 bridgehead atoms. The second kappa shape index (κ2) is 5.47. The number of rotatable bonds is 3. The highest BCUT2D eigenvalue weighted by Gasteiger charge is 2.15. The number of pyridine rings is 1. The molecule has 1 unspecified atom stereocenters. The van der Waals surface area contributed by atoms with Gasteiger partial charge in [0.05, 0.1) is 19.3 Å². The first-order valence-electron chi connectivity index (χ1n) is 6.20. The number of hydrogen-bond acceptors (Lipinski definition) is 4. The van der Waals surface area contributed by atoms with E-state index in [1.54, 1.807) is 0 Å². The van der Waals surface area contributed by atoms with Crippen molar-refractivity contribution in [3.05, 3.63) is 23.4 Å². The molecule has 0 aromatic carbocycles. The van der Waals surface area contributed by atoms with E-state index in [1.165, 1.54) is 0 Å². The van der Waals surface area contributed by atoms with Crippen LogP contribution >= 0.6 is 0 Å². The van der Waals surface area contributed by atoms with Crippen LogP contribution in [-0.4, -0.2) is 36.4 Å². The van der Waals surface area contributed by atoms with Crippen LogP contribution in [0.3, 0.4) is 0 Å². The number of morpholine rings is 1. The van der Waals surface area contributed by atoms with E-state index >= 15 is 0 Å². The van der Waals surface area contributed by atoms with Crippen molar-refractivity contribution in [2.45, 2.75) is 26.4 Å². The lowest BCUT2D eigenvalue weighted by molar-refractivity contribution is 0.122. The molecule has 1 N–H and O–H groups in total. The molecule has 0 saturated carbocycles. The van der Waals surface area contributed by atoms with Crippen LogP contribution in [0.15, 0.2) is 12.1 Å². The predicted molar refractivity (Wildman–Crippen MR) is 67.3 cm³/mol. The molecule has 1 saturated heterocycles. The third-order valence-corrected chi connectivity index (χ3v) is 3.19. The largest absolute Gasteiger partial charge is 0.388 e. The maximum absolute atomic E-state index is 9.84. The highest BCUT2D eigenvalue weighted by atomic mass is 16.5. The van der Waals surface area contributed by atoms with Crippen LogP contribution < -0.4 is 4.90 Å². The molecule has 1 aliphatic heterocycles. The first-order valence-corrected chi connectivity index (χ1v) is 6.20. The van der Waals surface area contributed by atoms with E-state index in [1.807, 2.05) is 26.0 Å². The first-order chi connectivity index (χ1) is 8.22. The molecule has 17 heavy (non-hydrogen) atoms. The Kier molecular flexibility index (Phi) is 3.97. The summed E-state index contributed by atoms with van der Waals surface area (Å²) in [6.07, 6.45) is 0.320. The van der Waals surface area contributed by atoms with Crippen LogP contribution in [0.2, 0.25) is 0 Å². The number of aromatic nitrogens is 1. The number of ether oxygens (including phenoxy) is 1. The standard InChI is InChI=1S/C13H20N2O2/c1-3-12(16)11-4-5-13(14-10(11)2)15-6-8-17-9-7-15/h4-5,12,16H,3,6-9H2,1-2H3. The van der Waals surface area contributed by atoms with Gasteiger partial charge in [0.2, 0.25) is 0 Å². The Bertz CT molecular complexity index is 376. The van der Waals surface area contributed by atoms with Gasteiger partial charge in [-0.25, -0.2) is 4.98 Å². The fraction of sp³-hybridized carbons (Fsp3) is 0.615. The van der Waals surface area contributed by atoms with Crippen molar-refractivity contribution in [1.29, 1.82) is 0 Å². The van der Waals surface area contributed by atoms with E-state index in [9.17, 15) is 5.11 Å². The smallest absolute Gasteiger partial charge is 0.128 e. The van der Waals surface area contributed by atoms with Crippen LogP contribution in [0.5, 0.6) is 0 Å². The fourth-order valence-electron chi connectivity index (χ4n) is 2.10. The molecule has 1 aromatic rings. The Morgan fingerprint density at radius 3 is 2.71 bits per heavy atom. The van der Waals surface area contributed by atoms with E-state index in [0.717, 1.165) is 49.8 Å². The zero-order valence-corrected chi connectivity index (χ0v) is 10.5. The summed E-state index contributed by atoms with van der Waals surface area (Å²) < 4.78 is 5.32. The molecule has 2 heterocycles. The summed E-state index contributed by atoms with van der Waals surface area (Å²) in [5, 5.41) is 9.84. The lowest BCUT2D eigenvalue weighted by Crippen LogP contribution is -2.36. The van der Waals surface area contributed by atoms with E-state index in [0.29, 0.717) is 0 Å². The second-order valence-corrected chi connectivity index (χ2v) is 4.37. The molecule has 4 heteroatoms. The van der Waals surface area contributed by atoms with Gasteiger partial charge in [-0.1, -0.05) is 13.0 Å². The second-order valence-electron chi connectivity index (χ2n) is 4.37.